The van der Waals surface area contributed by atoms with Crippen LogP contribution in [0, 0.1) is 0 Å². The summed E-state index contributed by atoms with van der Waals surface area (Å²) in [6.45, 7) is 0. The van der Waals surface area contributed by atoms with E-state index < -0.39 is 40.8 Å². The second-order valence-corrected chi connectivity index (χ2v) is 6.51. The molecule has 31 heavy (non-hydrogen) atoms. The highest BCUT2D eigenvalue weighted by Gasteiger charge is 2.37. The predicted molar refractivity (Wildman–Crippen MR) is 98.1 cm³/mol. The second kappa shape index (κ2) is 8.02. The number of hydrogen-bond donors (Lipinski definition) is 1. The zero-order chi connectivity index (χ0) is 23.0. The molecule has 0 unspecified atom stereocenters. The Balaban J connectivity index is 2.06. The van der Waals surface area contributed by atoms with E-state index in [2.05, 4.69) is 15.1 Å². The Morgan fingerprint density at radius 2 is 1.61 bits per heavy atom. The van der Waals surface area contributed by atoms with Gasteiger partial charge in [0.25, 0.3) is 5.91 Å². The van der Waals surface area contributed by atoms with E-state index in [0.29, 0.717) is 12.1 Å². The summed E-state index contributed by atoms with van der Waals surface area (Å²) in [7, 11) is 0. The van der Waals surface area contributed by atoms with Gasteiger partial charge in [-0.3, -0.25) is 4.79 Å². The van der Waals surface area contributed by atoms with Gasteiger partial charge >= 0.3 is 12.4 Å². The maximum absolute atomic E-state index is 13.0. The lowest BCUT2D eigenvalue weighted by Gasteiger charge is -2.13. The summed E-state index contributed by atoms with van der Waals surface area (Å²) in [5.41, 5.74) is 1.97. The number of carbonyl (C=O) groups excluding carboxylic acids is 1. The van der Waals surface area contributed by atoms with E-state index >= 15 is 0 Å². The van der Waals surface area contributed by atoms with E-state index in [4.69, 9.17) is 17.3 Å². The van der Waals surface area contributed by atoms with Gasteiger partial charge < -0.3 is 5.73 Å². The number of nitrogens with zero attached hydrogens (tertiary/aromatic N) is 4. The van der Waals surface area contributed by atoms with Gasteiger partial charge in [0.05, 0.1) is 16.7 Å². The van der Waals surface area contributed by atoms with Gasteiger partial charge in [-0.1, -0.05) is 11.6 Å². The number of hydrogen-bond acceptors (Lipinski definition) is 4. The summed E-state index contributed by atoms with van der Waals surface area (Å²) in [5, 5.41) is 3.99. The third-order valence-corrected chi connectivity index (χ3v) is 4.14. The molecule has 0 bridgehead atoms. The molecule has 6 nitrogen and oxygen atoms in total. The Morgan fingerprint density at radius 3 is 2.10 bits per heavy atom. The summed E-state index contributed by atoms with van der Waals surface area (Å²) < 4.78 is 79.2. The van der Waals surface area contributed by atoms with Crippen LogP contribution in [0.25, 0.3) is 23.2 Å². The van der Waals surface area contributed by atoms with Crippen LogP contribution < -0.4 is 5.73 Å². The highest BCUT2D eigenvalue weighted by molar-refractivity contribution is 6.29. The van der Waals surface area contributed by atoms with Gasteiger partial charge in [0.1, 0.15) is 11.5 Å². The second-order valence-electron chi connectivity index (χ2n) is 6.12. The number of pyridine rings is 1. The van der Waals surface area contributed by atoms with Crippen molar-refractivity contribution in [2.45, 2.75) is 12.4 Å². The average molecular weight is 462 g/mol. The van der Waals surface area contributed by atoms with Crippen LogP contribution in [-0.4, -0.2) is 25.7 Å². The van der Waals surface area contributed by atoms with Crippen molar-refractivity contribution in [1.82, 2.24) is 19.7 Å². The number of amides is 1. The van der Waals surface area contributed by atoms with Crippen LogP contribution >= 0.6 is 11.6 Å². The number of halogens is 7. The SMILES string of the molecule is NC(=O)C(=Cn1cnc(-c2cc(C(F)(F)F)cc(C(F)(F)F)c2)n1)c1ccc(Cl)nc1. The van der Waals surface area contributed by atoms with Crippen LogP contribution in [-0.2, 0) is 17.1 Å². The first kappa shape index (κ1) is 22.3. The first-order valence-corrected chi connectivity index (χ1v) is 8.57. The van der Waals surface area contributed by atoms with Crippen LogP contribution in [0.1, 0.15) is 16.7 Å². The molecule has 0 fully saturated rings. The third-order valence-electron chi connectivity index (χ3n) is 3.92. The van der Waals surface area contributed by atoms with Gasteiger partial charge in [0.2, 0.25) is 0 Å². The average Bonchev–Trinajstić information content (AvgIpc) is 3.14. The number of alkyl halides is 6. The van der Waals surface area contributed by atoms with Crippen LogP contribution in [0.15, 0.2) is 42.9 Å². The molecule has 1 amide bonds. The fraction of sp³-hybridized carbons (Fsp3) is 0.111. The molecular weight excluding hydrogens is 452 g/mol. The van der Waals surface area contributed by atoms with Gasteiger partial charge in [0.15, 0.2) is 5.82 Å². The number of benzene rings is 1. The van der Waals surface area contributed by atoms with Crippen molar-refractivity contribution in [3.05, 3.63) is 64.7 Å². The quantitative estimate of drug-likeness (QED) is 0.352. The van der Waals surface area contributed by atoms with Crippen LogP contribution in [0.5, 0.6) is 0 Å². The molecule has 0 atom stereocenters. The number of carbonyl (C=O) groups is 1. The van der Waals surface area contributed by atoms with Crippen LogP contribution in [0.4, 0.5) is 26.3 Å². The molecule has 2 aromatic heterocycles. The van der Waals surface area contributed by atoms with E-state index in [1.165, 1.54) is 18.3 Å². The summed E-state index contributed by atoms with van der Waals surface area (Å²) in [6, 6.07) is 3.82. The lowest BCUT2D eigenvalue weighted by atomic mass is 10.0. The fourth-order valence-electron chi connectivity index (χ4n) is 2.50. The van der Waals surface area contributed by atoms with E-state index in [1.54, 1.807) is 0 Å². The molecule has 0 radical (unpaired) electrons. The Bertz CT molecular complexity index is 1120. The Hall–Kier alpha value is -3.41. The first-order valence-electron chi connectivity index (χ1n) is 8.19. The summed E-state index contributed by atoms with van der Waals surface area (Å²) >= 11 is 5.68. The summed E-state index contributed by atoms with van der Waals surface area (Å²) in [4.78, 5) is 19.3. The van der Waals surface area contributed by atoms with E-state index in [0.717, 1.165) is 17.2 Å². The molecule has 13 heteroatoms. The largest absolute Gasteiger partial charge is 0.416 e. The molecule has 0 spiro atoms. The highest BCUT2D eigenvalue weighted by atomic mass is 35.5. The molecule has 0 saturated carbocycles. The molecule has 3 rings (SSSR count). The molecular formula is C18H10ClF6N5O. The highest BCUT2D eigenvalue weighted by Crippen LogP contribution is 2.38. The van der Waals surface area contributed by atoms with Gasteiger partial charge in [-0.25, -0.2) is 14.6 Å². The van der Waals surface area contributed by atoms with Crippen molar-refractivity contribution < 1.29 is 31.1 Å². The fourth-order valence-corrected chi connectivity index (χ4v) is 2.61. The van der Waals surface area contributed by atoms with Crippen molar-refractivity contribution in [2.24, 2.45) is 5.73 Å². The molecule has 2 N–H and O–H groups in total. The maximum atomic E-state index is 13.0. The van der Waals surface area contributed by atoms with Gasteiger partial charge in [-0.2, -0.15) is 26.3 Å². The van der Waals surface area contributed by atoms with Crippen molar-refractivity contribution in [1.29, 1.82) is 0 Å². The van der Waals surface area contributed by atoms with E-state index in [1.807, 2.05) is 0 Å². The maximum Gasteiger partial charge on any atom is 0.416 e. The first-order chi connectivity index (χ1) is 14.3. The normalized spacial score (nSPS) is 12.8. The molecule has 0 aliphatic rings. The Kier molecular flexibility index (Phi) is 5.77. The van der Waals surface area contributed by atoms with Crippen LogP contribution in [0.2, 0.25) is 5.15 Å². The minimum Gasteiger partial charge on any atom is -0.366 e. The lowest BCUT2D eigenvalue weighted by Crippen LogP contribution is -2.14. The zero-order valence-electron chi connectivity index (χ0n) is 15.0. The predicted octanol–water partition coefficient (Wildman–Crippen LogP) is 4.51. The molecule has 1 aromatic carbocycles. The molecule has 162 valence electrons. The van der Waals surface area contributed by atoms with Crippen molar-refractivity contribution in [3.63, 3.8) is 0 Å². The summed E-state index contributed by atoms with van der Waals surface area (Å²) in [5.74, 6) is -1.31. The van der Waals surface area contributed by atoms with E-state index in [-0.39, 0.29) is 22.4 Å². The molecule has 3 aromatic rings. The monoisotopic (exact) mass is 461 g/mol. The molecule has 0 saturated heterocycles. The standard InChI is InChI=1S/C18H10ClF6N5O/c19-14-2-1-9(6-27-14)13(15(26)31)7-30-8-28-16(29-30)10-3-11(17(20,21)22)5-12(4-10)18(23,24)25/h1-8H,(H2,26,31). The van der Waals surface area contributed by atoms with Crippen molar-refractivity contribution in [3.8, 4) is 11.4 Å². The lowest BCUT2D eigenvalue weighted by molar-refractivity contribution is -0.143. The molecule has 2 heterocycles. The van der Waals surface area contributed by atoms with Crippen LogP contribution in [0.3, 0.4) is 0 Å². The molecule has 0 aliphatic heterocycles. The number of aromatic nitrogens is 4. The third kappa shape index (κ3) is 5.20. The number of nitrogens with two attached hydrogens (primary N) is 1. The summed E-state index contributed by atoms with van der Waals surface area (Å²) in [6.07, 6.45) is -6.69. The van der Waals surface area contributed by atoms with Crippen molar-refractivity contribution >= 4 is 29.3 Å². The van der Waals surface area contributed by atoms with Gasteiger partial charge in [0, 0.05) is 23.5 Å². The van der Waals surface area contributed by atoms with Crippen molar-refractivity contribution in [2.75, 3.05) is 0 Å². The van der Waals surface area contributed by atoms with E-state index in [9.17, 15) is 31.1 Å². The number of rotatable bonds is 4. The smallest absolute Gasteiger partial charge is 0.366 e. The minimum atomic E-state index is -5.01. The zero-order valence-corrected chi connectivity index (χ0v) is 15.8. The Morgan fingerprint density at radius 1 is 1.00 bits per heavy atom. The molecule has 0 aliphatic carbocycles. The van der Waals surface area contributed by atoms with Gasteiger partial charge in [-0.15, -0.1) is 5.10 Å². The number of primary amides is 1. The van der Waals surface area contributed by atoms with Gasteiger partial charge in [-0.05, 0) is 30.3 Å². The topological polar surface area (TPSA) is 86.7 Å². The Labute approximate surface area is 175 Å². The minimum absolute atomic E-state index is 0.000868.